The Morgan fingerprint density at radius 2 is 1.95 bits per heavy atom. The van der Waals surface area contributed by atoms with Gasteiger partial charge in [-0.05, 0) is 42.6 Å². The maximum absolute atomic E-state index is 13.9. The molecule has 1 fully saturated rings. The largest absolute Gasteiger partial charge is 0.370 e. The number of benzene rings is 1. The smallest absolute Gasteiger partial charge is 0.272 e. The standard InChI is InChI=1S/C11H11Cl2F2N3OS/c1-2-9-16(8-5-3-7(14)4-6-8)11(19)17(15)18(9)20-10(12)13/h3-6,9-10H,2H2,1H3. The fourth-order valence-corrected chi connectivity index (χ4v) is 3.12. The van der Waals surface area contributed by atoms with Gasteiger partial charge < -0.3 is 0 Å². The molecular formula is C11H11Cl2F2N3OS. The van der Waals surface area contributed by atoms with Crippen LogP contribution in [0.5, 0.6) is 0 Å². The zero-order valence-corrected chi connectivity index (χ0v) is 12.7. The molecule has 2 amide bonds. The number of hydrogen-bond donors (Lipinski definition) is 0. The van der Waals surface area contributed by atoms with E-state index in [4.69, 9.17) is 23.2 Å². The number of amides is 2. The molecule has 110 valence electrons. The number of rotatable bonds is 4. The molecule has 0 radical (unpaired) electrons. The first-order valence-corrected chi connectivity index (χ1v) is 7.45. The molecule has 2 rings (SSSR count). The van der Waals surface area contributed by atoms with E-state index >= 15 is 0 Å². The van der Waals surface area contributed by atoms with Crippen LogP contribution >= 0.6 is 35.1 Å². The van der Waals surface area contributed by atoms with E-state index in [1.54, 1.807) is 6.92 Å². The van der Waals surface area contributed by atoms with Crippen molar-refractivity contribution in [1.29, 1.82) is 0 Å². The summed E-state index contributed by atoms with van der Waals surface area (Å²) in [5, 5.41) is -0.0417. The summed E-state index contributed by atoms with van der Waals surface area (Å²) in [6.45, 7) is 1.79. The van der Waals surface area contributed by atoms with E-state index in [2.05, 4.69) is 0 Å². The Bertz CT molecular complexity index is 491. The number of carbonyl (C=O) groups is 1. The van der Waals surface area contributed by atoms with Gasteiger partial charge in [0.2, 0.25) is 0 Å². The SMILES string of the molecule is CCC1N(c2ccc(F)cc2)C(=O)N(F)N1SC(Cl)Cl. The summed E-state index contributed by atoms with van der Waals surface area (Å²) in [4.78, 5) is 13.2. The zero-order chi connectivity index (χ0) is 14.9. The van der Waals surface area contributed by atoms with Gasteiger partial charge >= 0.3 is 6.03 Å². The molecule has 0 bridgehead atoms. The highest BCUT2D eigenvalue weighted by Gasteiger charge is 2.46. The van der Waals surface area contributed by atoms with E-state index in [1.165, 1.54) is 29.2 Å². The van der Waals surface area contributed by atoms with Crippen LogP contribution < -0.4 is 4.90 Å². The summed E-state index contributed by atoms with van der Waals surface area (Å²) in [6.07, 6.45) is -0.153. The van der Waals surface area contributed by atoms with Crippen LogP contribution in [0, 0.1) is 5.82 Å². The van der Waals surface area contributed by atoms with Crippen molar-refractivity contribution in [3.63, 3.8) is 0 Å². The van der Waals surface area contributed by atoms with Gasteiger partial charge in [-0.25, -0.2) is 9.18 Å². The fourth-order valence-electron chi connectivity index (χ4n) is 1.93. The first kappa shape index (κ1) is 15.6. The maximum atomic E-state index is 13.9. The molecule has 20 heavy (non-hydrogen) atoms. The number of carbonyl (C=O) groups excluding carboxylic acids is 1. The van der Waals surface area contributed by atoms with Crippen LogP contribution in [0.15, 0.2) is 24.3 Å². The van der Waals surface area contributed by atoms with Crippen molar-refractivity contribution in [2.75, 3.05) is 4.90 Å². The van der Waals surface area contributed by atoms with Crippen LogP contribution in [0.3, 0.4) is 0 Å². The summed E-state index contributed by atoms with van der Waals surface area (Å²) in [5.74, 6) is -0.432. The monoisotopic (exact) mass is 341 g/mol. The Hall–Kier alpha value is -0.760. The average molecular weight is 342 g/mol. The summed E-state index contributed by atoms with van der Waals surface area (Å²) < 4.78 is 27.0. The number of hydrazine groups is 1. The van der Waals surface area contributed by atoms with E-state index in [9.17, 15) is 13.7 Å². The molecule has 4 nitrogen and oxygen atoms in total. The first-order chi connectivity index (χ1) is 9.45. The molecule has 0 aliphatic carbocycles. The minimum Gasteiger partial charge on any atom is -0.272 e. The van der Waals surface area contributed by atoms with Crippen molar-refractivity contribution in [2.24, 2.45) is 0 Å². The highest BCUT2D eigenvalue weighted by molar-refractivity contribution is 8.00. The number of urea groups is 1. The van der Waals surface area contributed by atoms with Gasteiger partial charge in [0.15, 0.2) is 4.17 Å². The van der Waals surface area contributed by atoms with Crippen molar-refractivity contribution in [3.8, 4) is 0 Å². The first-order valence-electron chi connectivity index (χ1n) is 5.74. The molecule has 1 heterocycles. The Kier molecular flexibility index (Phi) is 4.95. The number of anilines is 1. The Morgan fingerprint density at radius 1 is 1.35 bits per heavy atom. The third kappa shape index (κ3) is 2.95. The molecule has 0 N–H and O–H groups in total. The summed E-state index contributed by atoms with van der Waals surface area (Å²) in [5.41, 5.74) is 0.398. The quantitative estimate of drug-likeness (QED) is 0.463. The van der Waals surface area contributed by atoms with E-state index in [1.807, 2.05) is 0 Å². The third-order valence-electron chi connectivity index (χ3n) is 2.75. The second-order valence-electron chi connectivity index (χ2n) is 3.95. The van der Waals surface area contributed by atoms with Gasteiger partial charge in [0.1, 0.15) is 12.0 Å². The predicted octanol–water partition coefficient (Wildman–Crippen LogP) is 4.31. The van der Waals surface area contributed by atoms with Gasteiger partial charge in [0.05, 0.1) is 0 Å². The van der Waals surface area contributed by atoms with Gasteiger partial charge in [0, 0.05) is 5.69 Å². The lowest BCUT2D eigenvalue weighted by atomic mass is 10.2. The Morgan fingerprint density at radius 3 is 2.45 bits per heavy atom. The molecule has 1 aliphatic rings. The van der Waals surface area contributed by atoms with Crippen LogP contribution in [0.1, 0.15) is 13.3 Å². The van der Waals surface area contributed by atoms with Crippen molar-refractivity contribution in [3.05, 3.63) is 30.1 Å². The van der Waals surface area contributed by atoms with Crippen LogP contribution in [-0.2, 0) is 0 Å². The van der Waals surface area contributed by atoms with Crippen molar-refractivity contribution < 1.29 is 13.7 Å². The molecule has 0 spiro atoms. The number of alkyl halides is 2. The highest BCUT2D eigenvalue weighted by Crippen LogP contribution is 2.38. The van der Waals surface area contributed by atoms with Gasteiger partial charge in [-0.15, -0.1) is 4.41 Å². The fraction of sp³-hybridized carbons (Fsp3) is 0.364. The number of hydrogen-bond acceptors (Lipinski definition) is 3. The summed E-state index contributed by atoms with van der Waals surface area (Å²) in [7, 11) is 0. The average Bonchev–Trinajstić information content (AvgIpc) is 2.64. The highest BCUT2D eigenvalue weighted by atomic mass is 35.5. The van der Waals surface area contributed by atoms with Crippen molar-refractivity contribution in [1.82, 2.24) is 9.65 Å². The van der Waals surface area contributed by atoms with E-state index < -0.39 is 22.2 Å². The van der Waals surface area contributed by atoms with Crippen LogP contribution in [0.2, 0.25) is 0 Å². The predicted molar refractivity (Wildman–Crippen MR) is 76.2 cm³/mol. The van der Waals surface area contributed by atoms with E-state index in [-0.39, 0.29) is 5.23 Å². The molecule has 1 saturated heterocycles. The molecule has 9 heteroatoms. The second-order valence-corrected chi connectivity index (χ2v) is 6.62. The minimum absolute atomic E-state index is 0.0417. The second kappa shape index (κ2) is 6.34. The molecule has 1 atom stereocenters. The summed E-state index contributed by atoms with van der Waals surface area (Å²) in [6, 6.07) is 4.37. The normalized spacial score (nSPS) is 20.3. The Balaban J connectivity index is 2.32. The number of nitrogens with zero attached hydrogens (tertiary/aromatic N) is 3. The van der Waals surface area contributed by atoms with Crippen LogP contribution in [0.25, 0.3) is 0 Å². The van der Waals surface area contributed by atoms with Gasteiger partial charge in [0.25, 0.3) is 0 Å². The van der Waals surface area contributed by atoms with Crippen LogP contribution in [-0.4, -0.2) is 26.0 Å². The number of halogens is 4. The summed E-state index contributed by atoms with van der Waals surface area (Å²) >= 11 is 12.0. The zero-order valence-electron chi connectivity index (χ0n) is 10.3. The lowest BCUT2D eigenvalue weighted by Gasteiger charge is -2.26. The molecular weight excluding hydrogens is 331 g/mol. The third-order valence-corrected chi connectivity index (χ3v) is 3.99. The maximum Gasteiger partial charge on any atom is 0.370 e. The Labute approximate surface area is 129 Å². The minimum atomic E-state index is -0.914. The lowest BCUT2D eigenvalue weighted by Crippen LogP contribution is -2.37. The van der Waals surface area contributed by atoms with E-state index in [0.29, 0.717) is 12.1 Å². The van der Waals surface area contributed by atoms with Gasteiger partial charge in [-0.2, -0.15) is 0 Å². The van der Waals surface area contributed by atoms with Crippen molar-refractivity contribution >= 4 is 46.9 Å². The topological polar surface area (TPSA) is 26.8 Å². The van der Waals surface area contributed by atoms with Gasteiger partial charge in [-0.3, -0.25) is 4.90 Å². The molecule has 1 aromatic carbocycles. The van der Waals surface area contributed by atoms with Crippen LogP contribution in [0.4, 0.5) is 19.4 Å². The molecule has 0 aromatic heterocycles. The lowest BCUT2D eigenvalue weighted by molar-refractivity contribution is -0.0458. The molecule has 1 aliphatic heterocycles. The molecule has 1 unspecified atom stereocenters. The molecule has 1 aromatic rings. The molecule has 0 saturated carbocycles. The van der Waals surface area contributed by atoms with Gasteiger partial charge in [-0.1, -0.05) is 39.8 Å². The van der Waals surface area contributed by atoms with E-state index in [0.717, 1.165) is 16.4 Å². The van der Waals surface area contributed by atoms with Crippen molar-refractivity contribution in [2.45, 2.75) is 23.7 Å².